The third-order valence-corrected chi connectivity index (χ3v) is 4.44. The van der Waals surface area contributed by atoms with Crippen LogP contribution in [0.25, 0.3) is 0 Å². The van der Waals surface area contributed by atoms with E-state index >= 15 is 0 Å². The number of nitrogens with two attached hydrogens (primary N) is 1. The number of hydrogen-bond donors (Lipinski definition) is 2. The summed E-state index contributed by atoms with van der Waals surface area (Å²) in [6.07, 6.45) is 2.32. The quantitative estimate of drug-likeness (QED) is 0.732. The molecule has 0 aromatic heterocycles. The molecule has 2 rings (SSSR count). The van der Waals surface area contributed by atoms with Gasteiger partial charge in [0.15, 0.2) is 0 Å². The summed E-state index contributed by atoms with van der Waals surface area (Å²) in [5.74, 6) is 0.601. The number of anilines is 1. The van der Waals surface area contributed by atoms with Crippen LogP contribution in [0.1, 0.15) is 18.4 Å². The van der Waals surface area contributed by atoms with E-state index in [9.17, 15) is 4.79 Å². The Morgan fingerprint density at radius 2 is 2.29 bits per heavy atom. The van der Waals surface area contributed by atoms with Crippen LogP contribution in [0.4, 0.5) is 5.69 Å². The molecule has 1 heterocycles. The van der Waals surface area contributed by atoms with Crippen molar-refractivity contribution < 1.29 is 4.79 Å². The molecule has 0 spiro atoms. The van der Waals surface area contributed by atoms with E-state index in [2.05, 4.69) is 38.9 Å². The van der Waals surface area contributed by atoms with Crippen molar-refractivity contribution in [1.82, 2.24) is 4.90 Å². The minimum atomic E-state index is 0. The molecule has 1 fully saturated rings. The zero-order chi connectivity index (χ0) is 14.5. The highest BCUT2D eigenvalue weighted by Gasteiger charge is 2.20. The van der Waals surface area contributed by atoms with Gasteiger partial charge in [0.1, 0.15) is 0 Å². The Bertz CT molecular complexity index is 484. The van der Waals surface area contributed by atoms with Crippen LogP contribution < -0.4 is 11.1 Å². The molecule has 1 unspecified atom stereocenters. The number of nitrogens with one attached hydrogen (secondary N) is 1. The lowest BCUT2D eigenvalue weighted by molar-refractivity contribution is -0.117. The van der Waals surface area contributed by atoms with Crippen LogP contribution in [0, 0.1) is 16.4 Å². The number of rotatable bonds is 4. The Labute approximate surface area is 146 Å². The minimum absolute atomic E-state index is 0. The fourth-order valence-corrected chi connectivity index (χ4v) is 3.29. The molecule has 1 aromatic rings. The summed E-state index contributed by atoms with van der Waals surface area (Å²) in [5, 5.41) is 3.00. The van der Waals surface area contributed by atoms with Crippen LogP contribution in [-0.4, -0.2) is 37.0 Å². The smallest absolute Gasteiger partial charge is 0.238 e. The number of hydrogen-bond acceptors (Lipinski definition) is 3. The molecular formula is C15H23ClIN3O. The van der Waals surface area contributed by atoms with Gasteiger partial charge >= 0.3 is 0 Å². The van der Waals surface area contributed by atoms with Crippen molar-refractivity contribution in [2.24, 2.45) is 11.7 Å². The number of amides is 1. The highest BCUT2D eigenvalue weighted by Crippen LogP contribution is 2.18. The van der Waals surface area contributed by atoms with Gasteiger partial charge in [-0.2, -0.15) is 0 Å². The first kappa shape index (κ1) is 18.7. The van der Waals surface area contributed by atoms with Crippen LogP contribution >= 0.6 is 35.0 Å². The number of piperidine rings is 1. The summed E-state index contributed by atoms with van der Waals surface area (Å²) < 4.78 is 1.18. The molecule has 0 bridgehead atoms. The standard InChI is InChI=1S/C15H22IN3O.ClH/c1-11-7-13(16)4-5-14(11)18-15(20)10-19-6-2-3-12(8-17)9-19;/h4-5,7,12H,2-3,6,8-10,17H2,1H3,(H,18,20);1H. The maximum atomic E-state index is 12.1. The lowest BCUT2D eigenvalue weighted by Gasteiger charge is -2.31. The average molecular weight is 424 g/mol. The molecule has 1 atom stereocenters. The summed E-state index contributed by atoms with van der Waals surface area (Å²) in [4.78, 5) is 14.3. The summed E-state index contributed by atoms with van der Waals surface area (Å²) in [5.41, 5.74) is 7.73. The van der Waals surface area contributed by atoms with Crippen molar-refractivity contribution in [3.63, 3.8) is 0 Å². The molecule has 1 aromatic carbocycles. The van der Waals surface area contributed by atoms with E-state index in [1.54, 1.807) is 0 Å². The molecule has 1 aliphatic heterocycles. The molecule has 21 heavy (non-hydrogen) atoms. The maximum Gasteiger partial charge on any atom is 0.238 e. The molecule has 1 saturated heterocycles. The van der Waals surface area contributed by atoms with Gasteiger partial charge in [-0.3, -0.25) is 9.69 Å². The van der Waals surface area contributed by atoms with Crippen molar-refractivity contribution in [2.45, 2.75) is 19.8 Å². The molecule has 4 nitrogen and oxygen atoms in total. The Morgan fingerprint density at radius 3 is 2.95 bits per heavy atom. The van der Waals surface area contributed by atoms with E-state index in [-0.39, 0.29) is 18.3 Å². The first-order valence-corrected chi connectivity index (χ1v) is 8.15. The fraction of sp³-hybridized carbons (Fsp3) is 0.533. The third-order valence-electron chi connectivity index (χ3n) is 3.77. The van der Waals surface area contributed by atoms with Crippen LogP contribution in [0.5, 0.6) is 0 Å². The van der Waals surface area contributed by atoms with Gasteiger partial charge in [0.25, 0.3) is 0 Å². The zero-order valence-corrected chi connectivity index (χ0v) is 15.2. The predicted octanol–water partition coefficient (Wildman–Crippen LogP) is 2.63. The van der Waals surface area contributed by atoms with Crippen LogP contribution in [0.3, 0.4) is 0 Å². The summed E-state index contributed by atoms with van der Waals surface area (Å²) in [6, 6.07) is 6.05. The van der Waals surface area contributed by atoms with E-state index in [4.69, 9.17) is 5.73 Å². The second-order valence-electron chi connectivity index (χ2n) is 5.49. The number of likely N-dealkylation sites (tertiary alicyclic amines) is 1. The molecule has 118 valence electrons. The van der Waals surface area contributed by atoms with E-state index in [1.165, 1.54) is 9.99 Å². The number of carbonyl (C=O) groups excluding carboxylic acids is 1. The van der Waals surface area contributed by atoms with Gasteiger partial charge in [-0.05, 0) is 85.1 Å². The zero-order valence-electron chi connectivity index (χ0n) is 12.3. The molecule has 0 radical (unpaired) electrons. The fourth-order valence-electron chi connectivity index (χ4n) is 2.65. The minimum Gasteiger partial charge on any atom is -0.330 e. The summed E-state index contributed by atoms with van der Waals surface area (Å²) >= 11 is 2.27. The predicted molar refractivity (Wildman–Crippen MR) is 98.0 cm³/mol. The lowest BCUT2D eigenvalue weighted by Crippen LogP contribution is -2.42. The van der Waals surface area contributed by atoms with Gasteiger partial charge in [-0.25, -0.2) is 0 Å². The Kier molecular flexibility index (Phi) is 7.94. The largest absolute Gasteiger partial charge is 0.330 e. The maximum absolute atomic E-state index is 12.1. The van der Waals surface area contributed by atoms with Crippen molar-refractivity contribution in [1.29, 1.82) is 0 Å². The van der Waals surface area contributed by atoms with Crippen LogP contribution in [0.15, 0.2) is 18.2 Å². The van der Waals surface area contributed by atoms with Gasteiger partial charge in [-0.15, -0.1) is 12.4 Å². The second kappa shape index (κ2) is 8.92. The molecule has 0 saturated carbocycles. The Hall–Kier alpha value is -0.370. The monoisotopic (exact) mass is 423 g/mol. The van der Waals surface area contributed by atoms with E-state index in [0.29, 0.717) is 19.0 Å². The third kappa shape index (κ3) is 5.73. The van der Waals surface area contributed by atoms with Crippen molar-refractivity contribution >= 4 is 46.6 Å². The molecule has 0 aliphatic carbocycles. The number of nitrogens with zero attached hydrogens (tertiary/aromatic N) is 1. The number of carbonyl (C=O) groups is 1. The topological polar surface area (TPSA) is 58.4 Å². The second-order valence-corrected chi connectivity index (χ2v) is 6.73. The first-order valence-electron chi connectivity index (χ1n) is 7.07. The summed E-state index contributed by atoms with van der Waals surface area (Å²) in [6.45, 7) is 5.13. The van der Waals surface area contributed by atoms with Gasteiger partial charge in [-0.1, -0.05) is 0 Å². The Morgan fingerprint density at radius 1 is 1.52 bits per heavy atom. The van der Waals surface area contributed by atoms with Crippen LogP contribution in [0.2, 0.25) is 0 Å². The normalized spacial score (nSPS) is 18.9. The molecule has 3 N–H and O–H groups in total. The van der Waals surface area contributed by atoms with E-state index < -0.39 is 0 Å². The average Bonchev–Trinajstić information content (AvgIpc) is 2.42. The number of aryl methyl sites for hydroxylation is 1. The van der Waals surface area contributed by atoms with E-state index in [1.807, 2.05) is 19.1 Å². The highest BCUT2D eigenvalue weighted by molar-refractivity contribution is 14.1. The first-order chi connectivity index (χ1) is 9.58. The number of halogens is 2. The number of benzene rings is 1. The van der Waals surface area contributed by atoms with Crippen molar-refractivity contribution in [3.8, 4) is 0 Å². The van der Waals surface area contributed by atoms with E-state index in [0.717, 1.165) is 30.8 Å². The molecule has 6 heteroatoms. The lowest BCUT2D eigenvalue weighted by atomic mass is 9.98. The molecular weight excluding hydrogens is 401 g/mol. The Balaban J connectivity index is 0.00000220. The van der Waals surface area contributed by atoms with Gasteiger partial charge in [0.2, 0.25) is 5.91 Å². The molecule has 1 aliphatic rings. The van der Waals surface area contributed by atoms with Crippen LogP contribution in [-0.2, 0) is 4.79 Å². The molecule has 1 amide bonds. The summed E-state index contributed by atoms with van der Waals surface area (Å²) in [7, 11) is 0. The van der Waals surface area contributed by atoms with Gasteiger partial charge in [0.05, 0.1) is 6.54 Å². The van der Waals surface area contributed by atoms with Crippen molar-refractivity contribution in [2.75, 3.05) is 31.5 Å². The van der Waals surface area contributed by atoms with Crippen molar-refractivity contribution in [3.05, 3.63) is 27.3 Å². The van der Waals surface area contributed by atoms with Gasteiger partial charge in [0, 0.05) is 15.8 Å². The van der Waals surface area contributed by atoms with Gasteiger partial charge < -0.3 is 11.1 Å². The highest BCUT2D eigenvalue weighted by atomic mass is 127. The SMILES string of the molecule is Cc1cc(I)ccc1NC(=O)CN1CCCC(CN)C1.Cl.